The van der Waals surface area contributed by atoms with E-state index in [0.717, 1.165) is 12.8 Å². The lowest BCUT2D eigenvalue weighted by Crippen LogP contribution is -2.49. The Bertz CT molecular complexity index is 301. The van der Waals surface area contributed by atoms with E-state index in [1.807, 2.05) is 13.8 Å². The van der Waals surface area contributed by atoms with Gasteiger partial charge in [-0.15, -0.1) is 0 Å². The van der Waals surface area contributed by atoms with Gasteiger partial charge in [-0.3, -0.25) is 4.79 Å². The van der Waals surface area contributed by atoms with E-state index in [1.165, 1.54) is 14.0 Å². The molecular weight excluding hydrogens is 222 g/mol. The monoisotopic (exact) mass is 243 g/mol. The SMILES string of the molecule is COC(=O)NC(C(C)=O)C1CCOC(C)(C)C1. The van der Waals surface area contributed by atoms with Gasteiger partial charge in [-0.2, -0.15) is 0 Å². The average Bonchev–Trinajstić information content (AvgIpc) is 2.23. The van der Waals surface area contributed by atoms with Crippen LogP contribution in [-0.4, -0.2) is 37.2 Å². The van der Waals surface area contributed by atoms with Crippen molar-refractivity contribution in [2.45, 2.75) is 45.3 Å². The smallest absolute Gasteiger partial charge is 0.407 e. The van der Waals surface area contributed by atoms with Gasteiger partial charge in [0, 0.05) is 6.61 Å². The maximum atomic E-state index is 11.6. The fraction of sp³-hybridized carbons (Fsp3) is 0.833. The lowest BCUT2D eigenvalue weighted by Gasteiger charge is -2.38. The number of nitrogens with one attached hydrogen (secondary N) is 1. The van der Waals surface area contributed by atoms with E-state index in [2.05, 4.69) is 10.1 Å². The van der Waals surface area contributed by atoms with Gasteiger partial charge in [0.25, 0.3) is 0 Å². The van der Waals surface area contributed by atoms with Crippen molar-refractivity contribution in [3.8, 4) is 0 Å². The van der Waals surface area contributed by atoms with Gasteiger partial charge in [0.15, 0.2) is 5.78 Å². The molecule has 1 aliphatic rings. The Hall–Kier alpha value is -1.10. The van der Waals surface area contributed by atoms with Crippen LogP contribution in [0.25, 0.3) is 0 Å². The molecule has 5 nitrogen and oxygen atoms in total. The number of alkyl carbamates (subject to hydrolysis) is 1. The highest BCUT2D eigenvalue weighted by Crippen LogP contribution is 2.30. The predicted molar refractivity (Wildman–Crippen MR) is 62.8 cm³/mol. The normalized spacial score (nSPS) is 24.8. The lowest BCUT2D eigenvalue weighted by atomic mass is 9.82. The summed E-state index contributed by atoms with van der Waals surface area (Å²) in [7, 11) is 1.29. The van der Waals surface area contributed by atoms with Crippen LogP contribution in [-0.2, 0) is 14.3 Å². The first kappa shape index (κ1) is 14.0. The quantitative estimate of drug-likeness (QED) is 0.816. The van der Waals surface area contributed by atoms with Gasteiger partial charge in [-0.25, -0.2) is 4.79 Å². The van der Waals surface area contributed by atoms with Crippen molar-refractivity contribution < 1.29 is 19.1 Å². The number of amides is 1. The zero-order chi connectivity index (χ0) is 13.1. The largest absolute Gasteiger partial charge is 0.453 e. The number of ketones is 1. The van der Waals surface area contributed by atoms with E-state index in [-0.39, 0.29) is 17.3 Å². The molecule has 0 radical (unpaired) electrons. The Kier molecular flexibility index (Phi) is 4.51. The van der Waals surface area contributed by atoms with Crippen LogP contribution in [0.4, 0.5) is 4.79 Å². The number of hydrogen-bond acceptors (Lipinski definition) is 4. The fourth-order valence-electron chi connectivity index (χ4n) is 2.30. The molecular formula is C12H21NO4. The molecule has 17 heavy (non-hydrogen) atoms. The molecule has 0 spiro atoms. The van der Waals surface area contributed by atoms with Gasteiger partial charge in [-0.05, 0) is 39.5 Å². The van der Waals surface area contributed by atoms with Crippen LogP contribution in [0, 0.1) is 5.92 Å². The third kappa shape index (κ3) is 4.00. The number of rotatable bonds is 3. The highest BCUT2D eigenvalue weighted by molar-refractivity contribution is 5.85. The van der Waals surface area contributed by atoms with Crippen molar-refractivity contribution in [1.82, 2.24) is 5.32 Å². The Morgan fingerprint density at radius 3 is 2.59 bits per heavy atom. The Balaban J connectivity index is 2.70. The van der Waals surface area contributed by atoms with E-state index in [4.69, 9.17) is 4.74 Å². The molecule has 1 heterocycles. The Morgan fingerprint density at radius 1 is 1.47 bits per heavy atom. The minimum atomic E-state index is -0.561. The standard InChI is InChI=1S/C12H21NO4/c1-8(14)10(13-11(15)16-4)9-5-6-17-12(2,3)7-9/h9-10H,5-7H2,1-4H3,(H,13,15). The summed E-state index contributed by atoms with van der Waals surface area (Å²) in [4.78, 5) is 22.8. The minimum absolute atomic E-state index is 0.0434. The summed E-state index contributed by atoms with van der Waals surface area (Å²) in [5.74, 6) is 0.0634. The van der Waals surface area contributed by atoms with E-state index >= 15 is 0 Å². The first-order chi connectivity index (χ1) is 7.85. The second-order valence-corrected chi connectivity index (χ2v) is 5.09. The van der Waals surface area contributed by atoms with Gasteiger partial charge in [0.2, 0.25) is 0 Å². The minimum Gasteiger partial charge on any atom is -0.453 e. The molecule has 2 atom stereocenters. The van der Waals surface area contributed by atoms with Crippen molar-refractivity contribution in [2.75, 3.05) is 13.7 Å². The van der Waals surface area contributed by atoms with Crippen LogP contribution in [0.2, 0.25) is 0 Å². The molecule has 1 amide bonds. The first-order valence-corrected chi connectivity index (χ1v) is 5.84. The molecule has 5 heteroatoms. The second-order valence-electron chi connectivity index (χ2n) is 5.09. The van der Waals surface area contributed by atoms with Gasteiger partial charge in [0.1, 0.15) is 0 Å². The third-order valence-corrected chi connectivity index (χ3v) is 3.10. The number of Topliss-reactive ketones (excluding diaryl/α,β-unsaturated/α-hetero) is 1. The summed E-state index contributed by atoms with van der Waals surface area (Å²) in [6, 6.07) is -0.481. The van der Waals surface area contributed by atoms with Gasteiger partial charge < -0.3 is 14.8 Å². The summed E-state index contributed by atoms with van der Waals surface area (Å²) in [5.41, 5.74) is -0.242. The summed E-state index contributed by atoms with van der Waals surface area (Å²) in [6.45, 7) is 6.09. The van der Waals surface area contributed by atoms with Crippen molar-refractivity contribution in [2.24, 2.45) is 5.92 Å². The summed E-state index contributed by atoms with van der Waals surface area (Å²) in [6.07, 6.45) is 0.966. The van der Waals surface area contributed by atoms with Crippen LogP contribution >= 0.6 is 0 Å². The maximum Gasteiger partial charge on any atom is 0.407 e. The van der Waals surface area contributed by atoms with Crippen LogP contribution in [0.5, 0.6) is 0 Å². The van der Waals surface area contributed by atoms with Crippen LogP contribution < -0.4 is 5.32 Å². The van der Waals surface area contributed by atoms with Crippen LogP contribution in [0.1, 0.15) is 33.6 Å². The lowest BCUT2D eigenvalue weighted by molar-refractivity contribution is -0.124. The van der Waals surface area contributed by atoms with Gasteiger partial charge in [0.05, 0.1) is 18.8 Å². The first-order valence-electron chi connectivity index (χ1n) is 5.84. The van der Waals surface area contributed by atoms with Crippen LogP contribution in [0.3, 0.4) is 0 Å². The summed E-state index contributed by atoms with van der Waals surface area (Å²) < 4.78 is 10.1. The highest BCUT2D eigenvalue weighted by atomic mass is 16.5. The van der Waals surface area contributed by atoms with Gasteiger partial charge >= 0.3 is 6.09 Å². The topological polar surface area (TPSA) is 64.6 Å². The van der Waals surface area contributed by atoms with Gasteiger partial charge in [-0.1, -0.05) is 0 Å². The average molecular weight is 243 g/mol. The van der Waals surface area contributed by atoms with E-state index in [9.17, 15) is 9.59 Å². The van der Waals surface area contributed by atoms with Crippen molar-refractivity contribution >= 4 is 11.9 Å². The van der Waals surface area contributed by atoms with Crippen LogP contribution in [0.15, 0.2) is 0 Å². The number of methoxy groups -OCH3 is 1. The van der Waals surface area contributed by atoms with Crippen molar-refractivity contribution in [1.29, 1.82) is 0 Å². The summed E-state index contributed by atoms with van der Waals surface area (Å²) >= 11 is 0. The van der Waals surface area contributed by atoms with E-state index in [0.29, 0.717) is 6.61 Å². The van der Waals surface area contributed by atoms with Crippen molar-refractivity contribution in [3.05, 3.63) is 0 Å². The Morgan fingerprint density at radius 2 is 2.12 bits per heavy atom. The molecule has 1 saturated heterocycles. The molecule has 1 N–H and O–H groups in total. The highest BCUT2D eigenvalue weighted by Gasteiger charge is 2.36. The second kappa shape index (κ2) is 5.49. The molecule has 1 aliphatic heterocycles. The molecule has 98 valence electrons. The molecule has 0 saturated carbocycles. The van der Waals surface area contributed by atoms with Crippen molar-refractivity contribution in [3.63, 3.8) is 0 Å². The molecule has 0 aliphatic carbocycles. The molecule has 0 aromatic heterocycles. The predicted octanol–water partition coefficient (Wildman–Crippen LogP) is 1.51. The summed E-state index contributed by atoms with van der Waals surface area (Å²) in [5, 5.41) is 2.61. The molecule has 2 unspecified atom stereocenters. The molecule has 0 aromatic rings. The number of ether oxygens (including phenoxy) is 2. The number of hydrogen-bond donors (Lipinski definition) is 1. The zero-order valence-corrected chi connectivity index (χ0v) is 10.9. The van der Waals surface area contributed by atoms with E-state index < -0.39 is 12.1 Å². The Labute approximate surface area is 102 Å². The number of carbonyl (C=O) groups excluding carboxylic acids is 2. The molecule has 0 bridgehead atoms. The maximum absolute atomic E-state index is 11.6. The fourth-order valence-corrected chi connectivity index (χ4v) is 2.30. The third-order valence-electron chi connectivity index (χ3n) is 3.10. The number of carbonyl (C=O) groups is 2. The molecule has 1 fully saturated rings. The van der Waals surface area contributed by atoms with E-state index in [1.54, 1.807) is 0 Å². The molecule has 1 rings (SSSR count). The zero-order valence-electron chi connectivity index (χ0n) is 10.9. The molecule has 0 aromatic carbocycles.